The van der Waals surface area contributed by atoms with E-state index >= 15 is 0 Å². The molecule has 146 valence electrons. The number of hydrogen-bond donors (Lipinski definition) is 1. The Morgan fingerprint density at radius 2 is 2.03 bits per heavy atom. The third kappa shape index (κ3) is 4.28. The van der Waals surface area contributed by atoms with Crippen molar-refractivity contribution >= 4 is 61.9 Å². The van der Waals surface area contributed by atoms with Gasteiger partial charge in [0.05, 0.1) is 29.2 Å². The molecule has 0 bridgehead atoms. The molecule has 5 nitrogen and oxygen atoms in total. The van der Waals surface area contributed by atoms with Gasteiger partial charge in [-0.25, -0.2) is 9.38 Å². The molecule has 0 radical (unpaired) electrons. The van der Waals surface area contributed by atoms with Crippen molar-refractivity contribution in [2.75, 3.05) is 16.8 Å². The molecule has 2 aromatic carbocycles. The second-order valence-electron chi connectivity index (χ2n) is 6.35. The second kappa shape index (κ2) is 8.26. The minimum atomic E-state index is -0.557. The van der Waals surface area contributed by atoms with Gasteiger partial charge in [-0.15, -0.1) is 11.3 Å². The number of aliphatic imine (C=N–C) groups is 1. The molecule has 0 unspecified atom stereocenters. The van der Waals surface area contributed by atoms with Gasteiger partial charge >= 0.3 is 0 Å². The number of carbonyl (C=O) groups excluding carboxylic acids is 2. The van der Waals surface area contributed by atoms with Crippen molar-refractivity contribution in [2.45, 2.75) is 6.42 Å². The molecule has 0 atom stereocenters. The molecule has 0 fully saturated rings. The predicted octanol–water partition coefficient (Wildman–Crippen LogP) is 5.15. The van der Waals surface area contributed by atoms with Gasteiger partial charge in [0.25, 0.3) is 0 Å². The SMILES string of the molecule is O=C(CN1C(=O)CC(c2cccs2)=Nc2ccccc21)Nc1ccc(Br)cc1F. The fraction of sp³-hybridized carbons (Fsp3) is 0.0952. The lowest BCUT2D eigenvalue weighted by Gasteiger charge is -2.22. The normalized spacial score (nSPS) is 13.5. The summed E-state index contributed by atoms with van der Waals surface area (Å²) in [6.07, 6.45) is 0.0785. The van der Waals surface area contributed by atoms with Gasteiger partial charge in [-0.3, -0.25) is 9.59 Å². The van der Waals surface area contributed by atoms with E-state index in [-0.39, 0.29) is 24.6 Å². The largest absolute Gasteiger partial charge is 0.322 e. The van der Waals surface area contributed by atoms with Crippen LogP contribution in [-0.2, 0) is 9.59 Å². The first-order chi connectivity index (χ1) is 14.0. The van der Waals surface area contributed by atoms with Crippen molar-refractivity contribution in [2.24, 2.45) is 4.99 Å². The van der Waals surface area contributed by atoms with E-state index in [1.54, 1.807) is 24.3 Å². The van der Waals surface area contributed by atoms with E-state index in [1.165, 1.54) is 28.4 Å². The Bertz CT molecular complexity index is 1110. The van der Waals surface area contributed by atoms with E-state index in [9.17, 15) is 14.0 Å². The van der Waals surface area contributed by atoms with Gasteiger partial charge in [0.2, 0.25) is 11.8 Å². The van der Waals surface area contributed by atoms with Crippen molar-refractivity contribution in [3.8, 4) is 0 Å². The molecule has 2 heterocycles. The molecule has 2 amide bonds. The molecule has 1 aliphatic heterocycles. The second-order valence-corrected chi connectivity index (χ2v) is 8.22. The van der Waals surface area contributed by atoms with Crippen LogP contribution in [0.3, 0.4) is 0 Å². The molecule has 0 spiro atoms. The van der Waals surface area contributed by atoms with Gasteiger partial charge in [-0.1, -0.05) is 34.1 Å². The van der Waals surface area contributed by atoms with Crippen LogP contribution in [0.5, 0.6) is 0 Å². The molecule has 0 saturated carbocycles. The van der Waals surface area contributed by atoms with E-state index in [1.807, 2.05) is 23.6 Å². The van der Waals surface area contributed by atoms with Gasteiger partial charge in [0.1, 0.15) is 12.4 Å². The number of halogens is 2. The summed E-state index contributed by atoms with van der Waals surface area (Å²) in [6.45, 7) is -0.238. The Morgan fingerprint density at radius 3 is 2.79 bits per heavy atom. The van der Waals surface area contributed by atoms with Crippen molar-refractivity contribution in [3.63, 3.8) is 0 Å². The Balaban J connectivity index is 1.60. The minimum Gasteiger partial charge on any atom is -0.322 e. The topological polar surface area (TPSA) is 61.8 Å². The van der Waals surface area contributed by atoms with E-state index in [0.29, 0.717) is 21.6 Å². The van der Waals surface area contributed by atoms with Crippen LogP contribution in [0.1, 0.15) is 11.3 Å². The smallest absolute Gasteiger partial charge is 0.244 e. The van der Waals surface area contributed by atoms with E-state index in [0.717, 1.165) is 4.88 Å². The van der Waals surface area contributed by atoms with Crippen molar-refractivity contribution < 1.29 is 14.0 Å². The highest BCUT2D eigenvalue weighted by Crippen LogP contribution is 2.33. The molecular weight excluding hydrogens is 457 g/mol. The highest BCUT2D eigenvalue weighted by Gasteiger charge is 2.27. The lowest BCUT2D eigenvalue weighted by molar-refractivity contribution is -0.120. The number of anilines is 2. The number of para-hydroxylation sites is 2. The molecule has 1 aromatic heterocycles. The van der Waals surface area contributed by atoms with Crippen LogP contribution >= 0.6 is 27.3 Å². The molecule has 1 N–H and O–H groups in total. The third-order valence-corrected chi connectivity index (χ3v) is 5.77. The van der Waals surface area contributed by atoms with Crippen LogP contribution in [0.15, 0.2) is 69.4 Å². The van der Waals surface area contributed by atoms with Gasteiger partial charge in [-0.05, 0) is 41.8 Å². The van der Waals surface area contributed by atoms with Gasteiger partial charge in [0, 0.05) is 9.35 Å². The average Bonchev–Trinajstić information content (AvgIpc) is 3.19. The van der Waals surface area contributed by atoms with E-state index < -0.39 is 11.7 Å². The Labute approximate surface area is 179 Å². The Morgan fingerprint density at radius 1 is 1.21 bits per heavy atom. The van der Waals surface area contributed by atoms with Crippen LogP contribution in [0.4, 0.5) is 21.5 Å². The molecule has 3 aromatic rings. The number of amides is 2. The number of thiophene rings is 1. The zero-order valence-corrected chi connectivity index (χ0v) is 17.5. The fourth-order valence-electron chi connectivity index (χ4n) is 3.03. The molecule has 29 heavy (non-hydrogen) atoms. The summed E-state index contributed by atoms with van der Waals surface area (Å²) < 4.78 is 14.6. The zero-order valence-electron chi connectivity index (χ0n) is 15.1. The van der Waals surface area contributed by atoms with Crippen molar-refractivity contribution in [3.05, 3.63) is 75.1 Å². The molecule has 1 aliphatic rings. The molecule has 4 rings (SSSR count). The third-order valence-electron chi connectivity index (χ3n) is 4.36. The van der Waals surface area contributed by atoms with Crippen LogP contribution in [0.2, 0.25) is 0 Å². The highest BCUT2D eigenvalue weighted by atomic mass is 79.9. The lowest BCUT2D eigenvalue weighted by Crippen LogP contribution is -2.38. The van der Waals surface area contributed by atoms with Gasteiger partial charge < -0.3 is 10.2 Å². The first-order valence-electron chi connectivity index (χ1n) is 8.77. The number of nitrogens with one attached hydrogen (secondary N) is 1. The highest BCUT2D eigenvalue weighted by molar-refractivity contribution is 9.10. The summed E-state index contributed by atoms with van der Waals surface area (Å²) in [5.41, 5.74) is 1.89. The first kappa shape index (κ1) is 19.5. The number of hydrogen-bond acceptors (Lipinski definition) is 4. The summed E-state index contributed by atoms with van der Waals surface area (Å²) in [5, 5.41) is 4.46. The maximum atomic E-state index is 14.0. The summed E-state index contributed by atoms with van der Waals surface area (Å²) in [4.78, 5) is 32.5. The van der Waals surface area contributed by atoms with Crippen molar-refractivity contribution in [1.29, 1.82) is 0 Å². The summed E-state index contributed by atoms with van der Waals surface area (Å²) in [7, 11) is 0. The standard InChI is InChI=1S/C21H15BrFN3O2S/c22-13-7-8-15(14(23)10-13)25-20(27)12-26-18-5-2-1-4-16(18)24-17(11-21(26)28)19-6-3-9-29-19/h1-10H,11-12H2,(H,25,27). The monoisotopic (exact) mass is 471 g/mol. The van der Waals surface area contributed by atoms with Crippen LogP contribution in [0, 0.1) is 5.82 Å². The van der Waals surface area contributed by atoms with Crippen LogP contribution < -0.4 is 10.2 Å². The molecule has 8 heteroatoms. The number of carbonyl (C=O) groups is 2. The quantitative estimate of drug-likeness (QED) is 0.571. The summed E-state index contributed by atoms with van der Waals surface area (Å²) >= 11 is 4.69. The summed E-state index contributed by atoms with van der Waals surface area (Å²) in [6, 6.07) is 15.4. The molecular formula is C21H15BrFN3O2S. The van der Waals surface area contributed by atoms with Gasteiger partial charge in [-0.2, -0.15) is 0 Å². The van der Waals surface area contributed by atoms with Gasteiger partial charge in [0.15, 0.2) is 0 Å². The average molecular weight is 472 g/mol. The lowest BCUT2D eigenvalue weighted by atomic mass is 10.2. The maximum absolute atomic E-state index is 14.0. The minimum absolute atomic E-state index is 0.0595. The first-order valence-corrected chi connectivity index (χ1v) is 10.4. The Kier molecular flexibility index (Phi) is 5.55. The van der Waals surface area contributed by atoms with E-state index in [4.69, 9.17) is 0 Å². The zero-order chi connectivity index (χ0) is 20.4. The number of fused-ring (bicyclic) bond motifs is 1. The van der Waals surface area contributed by atoms with Crippen LogP contribution in [0.25, 0.3) is 0 Å². The number of rotatable bonds is 4. The fourth-order valence-corrected chi connectivity index (χ4v) is 4.08. The molecule has 0 aliphatic carbocycles. The van der Waals surface area contributed by atoms with Crippen LogP contribution in [-0.4, -0.2) is 24.1 Å². The number of nitrogens with zero attached hydrogens (tertiary/aromatic N) is 2. The summed E-state index contributed by atoms with van der Waals surface area (Å²) in [5.74, 6) is -1.29. The van der Waals surface area contributed by atoms with E-state index in [2.05, 4.69) is 26.2 Å². The number of benzene rings is 2. The predicted molar refractivity (Wildman–Crippen MR) is 117 cm³/mol. The Hall–Kier alpha value is -2.84. The van der Waals surface area contributed by atoms with Crippen molar-refractivity contribution in [1.82, 2.24) is 0 Å². The molecule has 0 saturated heterocycles. The maximum Gasteiger partial charge on any atom is 0.244 e.